The van der Waals surface area contributed by atoms with Gasteiger partial charge in [-0.05, 0) is 64.9 Å². The highest BCUT2D eigenvalue weighted by Crippen LogP contribution is 2.28. The van der Waals surface area contributed by atoms with E-state index in [4.69, 9.17) is 16.3 Å². The average molecular weight is 389 g/mol. The number of rotatable bonds is 4. The Labute approximate surface area is 131 Å². The molecule has 0 amide bonds. The maximum absolute atomic E-state index is 10.4. The monoisotopic (exact) mass is 388 g/mol. The van der Waals surface area contributed by atoms with Gasteiger partial charge in [-0.3, -0.25) is 0 Å². The van der Waals surface area contributed by atoms with Crippen molar-refractivity contribution >= 4 is 34.2 Å². The second kappa shape index (κ2) is 6.59. The van der Waals surface area contributed by atoms with Crippen molar-refractivity contribution < 1.29 is 9.84 Å². The van der Waals surface area contributed by atoms with Gasteiger partial charge in [0, 0.05) is 3.57 Å². The van der Waals surface area contributed by atoms with Gasteiger partial charge in [0.1, 0.15) is 11.9 Å². The van der Waals surface area contributed by atoms with Crippen molar-refractivity contribution in [2.24, 2.45) is 0 Å². The van der Waals surface area contributed by atoms with Gasteiger partial charge in [-0.2, -0.15) is 0 Å². The molecule has 4 heteroatoms. The van der Waals surface area contributed by atoms with Crippen LogP contribution >= 0.6 is 34.2 Å². The number of hydrogen-bond acceptors (Lipinski definition) is 2. The molecule has 2 rings (SSSR count). The van der Waals surface area contributed by atoms with E-state index >= 15 is 0 Å². The summed E-state index contributed by atoms with van der Waals surface area (Å²) in [5, 5.41) is 11.0. The third-order valence-electron chi connectivity index (χ3n) is 2.74. The molecule has 0 bridgehead atoms. The molecule has 0 heterocycles. The van der Waals surface area contributed by atoms with Gasteiger partial charge in [0.15, 0.2) is 0 Å². The average Bonchev–Trinajstić information content (AvgIpc) is 2.42. The van der Waals surface area contributed by atoms with Gasteiger partial charge in [0.25, 0.3) is 0 Å². The van der Waals surface area contributed by atoms with Crippen LogP contribution in [0.4, 0.5) is 0 Å². The number of ether oxygens (including phenoxy) is 1. The molecule has 2 aromatic rings. The summed E-state index contributed by atoms with van der Waals surface area (Å²) in [6, 6.07) is 13.0. The summed E-state index contributed by atoms with van der Waals surface area (Å²) in [6.07, 6.45) is -0.699. The Morgan fingerprint density at radius 1 is 1.21 bits per heavy atom. The van der Waals surface area contributed by atoms with E-state index in [1.807, 2.05) is 43.3 Å². The summed E-state index contributed by atoms with van der Waals surface area (Å²) in [4.78, 5) is 0. The highest BCUT2D eigenvalue weighted by molar-refractivity contribution is 14.1. The summed E-state index contributed by atoms with van der Waals surface area (Å²) in [6.45, 7) is 2.54. The second-order valence-corrected chi connectivity index (χ2v) is 5.65. The molecule has 0 radical (unpaired) electrons. The number of aliphatic hydroxyl groups excluding tert-OH is 1. The van der Waals surface area contributed by atoms with Crippen LogP contribution in [0.15, 0.2) is 42.5 Å². The minimum atomic E-state index is -0.699. The van der Waals surface area contributed by atoms with E-state index in [1.165, 1.54) is 0 Å². The third-order valence-corrected chi connectivity index (χ3v) is 4.32. The third kappa shape index (κ3) is 3.61. The van der Waals surface area contributed by atoms with Crippen LogP contribution in [0.5, 0.6) is 5.75 Å². The van der Waals surface area contributed by atoms with E-state index in [-0.39, 0.29) is 0 Å². The predicted molar refractivity (Wildman–Crippen MR) is 85.8 cm³/mol. The zero-order valence-corrected chi connectivity index (χ0v) is 13.4. The Balaban J connectivity index is 2.29. The van der Waals surface area contributed by atoms with Crippen molar-refractivity contribution in [2.45, 2.75) is 13.0 Å². The topological polar surface area (TPSA) is 29.5 Å². The number of halogens is 2. The molecule has 0 saturated carbocycles. The maximum Gasteiger partial charge on any atom is 0.119 e. The quantitative estimate of drug-likeness (QED) is 0.786. The van der Waals surface area contributed by atoms with E-state index in [9.17, 15) is 5.11 Å². The van der Waals surface area contributed by atoms with Crippen LogP contribution in [0, 0.1) is 3.57 Å². The smallest absolute Gasteiger partial charge is 0.119 e. The van der Waals surface area contributed by atoms with Crippen molar-refractivity contribution in [3.8, 4) is 5.75 Å². The maximum atomic E-state index is 10.4. The Bertz CT molecular complexity index is 572. The van der Waals surface area contributed by atoms with E-state index in [0.717, 1.165) is 20.4 Å². The molecule has 1 atom stereocenters. The lowest BCUT2D eigenvalue weighted by Crippen LogP contribution is -2.01. The lowest BCUT2D eigenvalue weighted by molar-refractivity contribution is 0.219. The SMILES string of the molecule is CCOc1cccc(C(O)c2ccc(I)c(Cl)c2)c1. The van der Waals surface area contributed by atoms with Crippen LogP contribution < -0.4 is 4.74 Å². The molecule has 1 N–H and O–H groups in total. The Morgan fingerprint density at radius 2 is 1.95 bits per heavy atom. The molecule has 100 valence electrons. The highest BCUT2D eigenvalue weighted by Gasteiger charge is 2.12. The van der Waals surface area contributed by atoms with Gasteiger partial charge in [-0.1, -0.05) is 29.8 Å². The molecule has 0 aliphatic heterocycles. The minimum absolute atomic E-state index is 0.606. The van der Waals surface area contributed by atoms with Gasteiger partial charge >= 0.3 is 0 Å². The standard InChI is InChI=1S/C15H14ClIO2/c1-2-19-12-5-3-4-10(8-12)15(18)11-6-7-14(17)13(16)9-11/h3-9,15,18H,2H2,1H3. The predicted octanol–water partition coefficient (Wildman–Crippen LogP) is 4.43. The molecule has 0 spiro atoms. The van der Waals surface area contributed by atoms with E-state index < -0.39 is 6.10 Å². The molecule has 19 heavy (non-hydrogen) atoms. The molecular formula is C15H14ClIO2. The zero-order valence-electron chi connectivity index (χ0n) is 10.4. The van der Waals surface area contributed by atoms with E-state index in [1.54, 1.807) is 6.07 Å². The molecule has 0 fully saturated rings. The molecule has 2 nitrogen and oxygen atoms in total. The molecule has 0 saturated heterocycles. The highest BCUT2D eigenvalue weighted by atomic mass is 127. The fourth-order valence-corrected chi connectivity index (χ4v) is 2.34. The van der Waals surface area contributed by atoms with Crippen LogP contribution in [0.1, 0.15) is 24.2 Å². The molecule has 2 aromatic carbocycles. The van der Waals surface area contributed by atoms with Gasteiger partial charge < -0.3 is 9.84 Å². The van der Waals surface area contributed by atoms with Crippen molar-refractivity contribution in [1.29, 1.82) is 0 Å². The first kappa shape index (κ1) is 14.6. The first-order valence-electron chi connectivity index (χ1n) is 5.97. The summed E-state index contributed by atoms with van der Waals surface area (Å²) in [7, 11) is 0. The fourth-order valence-electron chi connectivity index (χ4n) is 1.82. The summed E-state index contributed by atoms with van der Waals surface area (Å²) >= 11 is 8.24. The number of benzene rings is 2. The zero-order chi connectivity index (χ0) is 13.8. The molecular weight excluding hydrogens is 375 g/mol. The first-order valence-corrected chi connectivity index (χ1v) is 7.43. The molecule has 1 unspecified atom stereocenters. The lowest BCUT2D eigenvalue weighted by atomic mass is 10.0. The molecule has 0 aliphatic rings. The Morgan fingerprint density at radius 3 is 2.63 bits per heavy atom. The van der Waals surface area contributed by atoms with Crippen molar-refractivity contribution in [3.05, 3.63) is 62.2 Å². The lowest BCUT2D eigenvalue weighted by Gasteiger charge is -2.13. The van der Waals surface area contributed by atoms with Crippen molar-refractivity contribution in [2.75, 3.05) is 6.61 Å². The molecule has 0 aromatic heterocycles. The first-order chi connectivity index (χ1) is 9.11. The minimum Gasteiger partial charge on any atom is -0.494 e. The second-order valence-electron chi connectivity index (χ2n) is 4.08. The van der Waals surface area contributed by atoms with E-state index in [0.29, 0.717) is 11.6 Å². The fraction of sp³-hybridized carbons (Fsp3) is 0.200. The number of hydrogen-bond donors (Lipinski definition) is 1. The van der Waals surface area contributed by atoms with Gasteiger partial charge in [-0.15, -0.1) is 0 Å². The van der Waals surface area contributed by atoms with E-state index in [2.05, 4.69) is 22.6 Å². The van der Waals surface area contributed by atoms with Gasteiger partial charge in [-0.25, -0.2) is 0 Å². The Kier molecular flexibility index (Phi) is 5.07. The van der Waals surface area contributed by atoms with Crippen molar-refractivity contribution in [3.63, 3.8) is 0 Å². The normalized spacial score (nSPS) is 12.2. The number of aliphatic hydroxyl groups is 1. The summed E-state index contributed by atoms with van der Waals surface area (Å²) in [5.41, 5.74) is 1.57. The summed E-state index contributed by atoms with van der Waals surface area (Å²) in [5.74, 6) is 0.760. The molecule has 0 aliphatic carbocycles. The summed E-state index contributed by atoms with van der Waals surface area (Å²) < 4.78 is 6.41. The van der Waals surface area contributed by atoms with Crippen molar-refractivity contribution in [1.82, 2.24) is 0 Å². The van der Waals surface area contributed by atoms with Gasteiger partial charge in [0.2, 0.25) is 0 Å². The van der Waals surface area contributed by atoms with Crippen LogP contribution in [-0.4, -0.2) is 11.7 Å². The van der Waals surface area contributed by atoms with Crippen LogP contribution in [0.2, 0.25) is 5.02 Å². The van der Waals surface area contributed by atoms with Crippen LogP contribution in [0.3, 0.4) is 0 Å². The van der Waals surface area contributed by atoms with Crippen LogP contribution in [-0.2, 0) is 0 Å². The van der Waals surface area contributed by atoms with Gasteiger partial charge in [0.05, 0.1) is 11.6 Å². The van der Waals surface area contributed by atoms with Crippen LogP contribution in [0.25, 0.3) is 0 Å². The largest absolute Gasteiger partial charge is 0.494 e. The Hall–Kier alpha value is -0.780.